The van der Waals surface area contributed by atoms with E-state index in [2.05, 4.69) is 24.5 Å². The van der Waals surface area contributed by atoms with E-state index in [0.29, 0.717) is 18.0 Å². The highest BCUT2D eigenvalue weighted by atomic mass is 16.1. The molecule has 1 atom stereocenters. The van der Waals surface area contributed by atoms with Gasteiger partial charge in [-0.05, 0) is 37.3 Å². The number of hydrogen-bond acceptors (Lipinski definition) is 2. The molecular formula is C17H26N2O. The van der Waals surface area contributed by atoms with Crippen LogP contribution in [0.2, 0.25) is 0 Å². The summed E-state index contributed by atoms with van der Waals surface area (Å²) >= 11 is 0. The van der Waals surface area contributed by atoms with Crippen molar-refractivity contribution in [3.63, 3.8) is 0 Å². The minimum atomic E-state index is 0.0372. The Balaban J connectivity index is 1.81. The second-order valence-electron chi connectivity index (χ2n) is 6.58. The quantitative estimate of drug-likeness (QED) is 0.882. The van der Waals surface area contributed by atoms with Gasteiger partial charge >= 0.3 is 0 Å². The van der Waals surface area contributed by atoms with Gasteiger partial charge in [0.05, 0.1) is 6.54 Å². The maximum atomic E-state index is 12.0. The van der Waals surface area contributed by atoms with Crippen LogP contribution in [0.25, 0.3) is 0 Å². The molecule has 0 saturated heterocycles. The van der Waals surface area contributed by atoms with Crippen LogP contribution in [0, 0.1) is 12.3 Å². The zero-order valence-corrected chi connectivity index (χ0v) is 12.8. The Bertz CT molecular complexity index is 451. The lowest BCUT2D eigenvalue weighted by Gasteiger charge is -2.39. The molecule has 1 fully saturated rings. The first-order valence-electron chi connectivity index (χ1n) is 7.57. The molecule has 0 aliphatic heterocycles. The summed E-state index contributed by atoms with van der Waals surface area (Å²) < 4.78 is 0. The molecule has 1 saturated carbocycles. The monoisotopic (exact) mass is 274 g/mol. The summed E-state index contributed by atoms with van der Waals surface area (Å²) in [6.07, 6.45) is 4.98. The van der Waals surface area contributed by atoms with Crippen molar-refractivity contribution in [1.82, 2.24) is 5.32 Å². The fourth-order valence-corrected chi connectivity index (χ4v) is 2.93. The van der Waals surface area contributed by atoms with E-state index in [1.165, 1.54) is 31.2 Å². The molecule has 0 aromatic heterocycles. The van der Waals surface area contributed by atoms with E-state index in [0.717, 1.165) is 5.69 Å². The van der Waals surface area contributed by atoms with Crippen LogP contribution < -0.4 is 10.6 Å². The number of aryl methyl sites for hydroxylation is 1. The van der Waals surface area contributed by atoms with Crippen LogP contribution in [0.4, 0.5) is 5.69 Å². The number of amides is 1. The lowest BCUT2D eigenvalue weighted by Crippen LogP contribution is -2.46. The molecule has 2 rings (SSSR count). The van der Waals surface area contributed by atoms with E-state index in [-0.39, 0.29) is 5.91 Å². The lowest BCUT2D eigenvalue weighted by molar-refractivity contribution is -0.115. The first kappa shape index (κ1) is 15.0. The third-order valence-corrected chi connectivity index (χ3v) is 4.35. The van der Waals surface area contributed by atoms with Crippen LogP contribution in [0.5, 0.6) is 0 Å². The van der Waals surface area contributed by atoms with Gasteiger partial charge in [-0.3, -0.25) is 4.79 Å². The van der Waals surface area contributed by atoms with Gasteiger partial charge in [-0.2, -0.15) is 0 Å². The molecule has 20 heavy (non-hydrogen) atoms. The summed E-state index contributed by atoms with van der Waals surface area (Å²) in [4.78, 5) is 12.0. The standard InChI is InChI=1S/C17H26N2O/c1-13-7-9-14(10-8-13)19-16(20)12-18-15-6-4-5-11-17(15,2)3/h7-10,15,18H,4-6,11-12H2,1-3H3,(H,19,20). The van der Waals surface area contributed by atoms with Crippen molar-refractivity contribution in [2.45, 2.75) is 52.5 Å². The number of rotatable bonds is 4. The molecular weight excluding hydrogens is 248 g/mol. The molecule has 110 valence electrons. The van der Waals surface area contributed by atoms with Crippen LogP contribution >= 0.6 is 0 Å². The fourth-order valence-electron chi connectivity index (χ4n) is 2.93. The molecule has 1 aliphatic rings. The zero-order chi connectivity index (χ0) is 14.6. The normalized spacial score (nSPS) is 21.4. The van der Waals surface area contributed by atoms with Crippen LogP contribution in [0.1, 0.15) is 45.1 Å². The van der Waals surface area contributed by atoms with E-state index >= 15 is 0 Å². The van der Waals surface area contributed by atoms with Crippen molar-refractivity contribution >= 4 is 11.6 Å². The first-order valence-corrected chi connectivity index (χ1v) is 7.57. The number of nitrogens with one attached hydrogen (secondary N) is 2. The summed E-state index contributed by atoms with van der Waals surface area (Å²) in [6, 6.07) is 8.34. The molecule has 0 bridgehead atoms. The zero-order valence-electron chi connectivity index (χ0n) is 12.8. The van der Waals surface area contributed by atoms with Gasteiger partial charge in [-0.1, -0.05) is 44.4 Å². The Hall–Kier alpha value is -1.35. The van der Waals surface area contributed by atoms with Gasteiger partial charge in [-0.15, -0.1) is 0 Å². The second-order valence-corrected chi connectivity index (χ2v) is 6.58. The molecule has 1 aromatic carbocycles. The molecule has 1 amide bonds. The summed E-state index contributed by atoms with van der Waals surface area (Å²) in [6.45, 7) is 7.02. The molecule has 3 nitrogen and oxygen atoms in total. The number of anilines is 1. The minimum Gasteiger partial charge on any atom is -0.325 e. The average molecular weight is 274 g/mol. The van der Waals surface area contributed by atoms with Crippen LogP contribution in [-0.4, -0.2) is 18.5 Å². The van der Waals surface area contributed by atoms with Crippen molar-refractivity contribution in [2.24, 2.45) is 5.41 Å². The Kier molecular flexibility index (Phi) is 4.81. The van der Waals surface area contributed by atoms with Crippen LogP contribution in [0.3, 0.4) is 0 Å². The summed E-state index contributed by atoms with van der Waals surface area (Å²) in [5, 5.41) is 6.37. The summed E-state index contributed by atoms with van der Waals surface area (Å²) in [5.74, 6) is 0.0372. The van der Waals surface area contributed by atoms with E-state index in [1.54, 1.807) is 0 Å². The second kappa shape index (κ2) is 6.40. The van der Waals surface area contributed by atoms with Crippen LogP contribution in [-0.2, 0) is 4.79 Å². The van der Waals surface area contributed by atoms with Gasteiger partial charge in [0, 0.05) is 11.7 Å². The third kappa shape index (κ3) is 4.07. The highest BCUT2D eigenvalue weighted by Gasteiger charge is 2.31. The highest BCUT2D eigenvalue weighted by Crippen LogP contribution is 2.35. The Morgan fingerprint density at radius 2 is 1.95 bits per heavy atom. The average Bonchev–Trinajstić information content (AvgIpc) is 2.40. The van der Waals surface area contributed by atoms with E-state index in [9.17, 15) is 4.79 Å². The van der Waals surface area contributed by atoms with Gasteiger partial charge in [0.1, 0.15) is 0 Å². The molecule has 1 aliphatic carbocycles. The first-order chi connectivity index (χ1) is 9.47. The number of carbonyl (C=O) groups excluding carboxylic acids is 1. The molecule has 2 N–H and O–H groups in total. The van der Waals surface area contributed by atoms with Gasteiger partial charge in [0.2, 0.25) is 5.91 Å². The number of benzene rings is 1. The molecule has 0 spiro atoms. The molecule has 1 unspecified atom stereocenters. The Labute approximate surface area is 122 Å². The smallest absolute Gasteiger partial charge is 0.238 e. The van der Waals surface area contributed by atoms with Gasteiger partial charge < -0.3 is 10.6 Å². The highest BCUT2D eigenvalue weighted by molar-refractivity contribution is 5.92. The van der Waals surface area contributed by atoms with Crippen molar-refractivity contribution in [1.29, 1.82) is 0 Å². The van der Waals surface area contributed by atoms with Crippen molar-refractivity contribution in [3.8, 4) is 0 Å². The maximum Gasteiger partial charge on any atom is 0.238 e. The van der Waals surface area contributed by atoms with Crippen molar-refractivity contribution < 1.29 is 4.79 Å². The van der Waals surface area contributed by atoms with Crippen molar-refractivity contribution in [2.75, 3.05) is 11.9 Å². The third-order valence-electron chi connectivity index (χ3n) is 4.35. The predicted octanol–water partition coefficient (Wildman–Crippen LogP) is 3.49. The minimum absolute atomic E-state index is 0.0372. The van der Waals surface area contributed by atoms with E-state index < -0.39 is 0 Å². The van der Waals surface area contributed by atoms with Gasteiger partial charge in [-0.25, -0.2) is 0 Å². The molecule has 0 heterocycles. The van der Waals surface area contributed by atoms with Crippen molar-refractivity contribution in [3.05, 3.63) is 29.8 Å². The fraction of sp³-hybridized carbons (Fsp3) is 0.588. The largest absolute Gasteiger partial charge is 0.325 e. The van der Waals surface area contributed by atoms with E-state index in [1.807, 2.05) is 31.2 Å². The predicted molar refractivity (Wildman–Crippen MR) is 83.8 cm³/mol. The summed E-state index contributed by atoms with van der Waals surface area (Å²) in [5.41, 5.74) is 2.36. The SMILES string of the molecule is Cc1ccc(NC(=O)CNC2CCCCC2(C)C)cc1. The number of carbonyl (C=O) groups is 1. The number of hydrogen-bond donors (Lipinski definition) is 2. The van der Waals surface area contributed by atoms with E-state index in [4.69, 9.17) is 0 Å². The lowest BCUT2D eigenvalue weighted by atomic mass is 9.73. The summed E-state index contributed by atoms with van der Waals surface area (Å²) in [7, 11) is 0. The van der Waals surface area contributed by atoms with Gasteiger partial charge in [0.25, 0.3) is 0 Å². The van der Waals surface area contributed by atoms with Gasteiger partial charge in [0.15, 0.2) is 0 Å². The Morgan fingerprint density at radius 1 is 1.25 bits per heavy atom. The topological polar surface area (TPSA) is 41.1 Å². The molecule has 1 aromatic rings. The molecule has 3 heteroatoms. The maximum absolute atomic E-state index is 12.0. The molecule has 0 radical (unpaired) electrons. The van der Waals surface area contributed by atoms with Crippen LogP contribution in [0.15, 0.2) is 24.3 Å². The Morgan fingerprint density at radius 3 is 2.60 bits per heavy atom.